The molecule has 1 aromatic rings. The maximum Gasteiger partial charge on any atom is 0.267 e. The van der Waals surface area contributed by atoms with Crippen molar-refractivity contribution < 1.29 is 18.3 Å². The second kappa shape index (κ2) is 5.95. The molecule has 0 amide bonds. The summed E-state index contributed by atoms with van der Waals surface area (Å²) in [6.07, 6.45) is 1.51. The van der Waals surface area contributed by atoms with Crippen molar-refractivity contribution in [1.29, 1.82) is 0 Å². The van der Waals surface area contributed by atoms with E-state index in [9.17, 15) is 8.78 Å². The van der Waals surface area contributed by atoms with E-state index in [1.54, 1.807) is 6.07 Å². The van der Waals surface area contributed by atoms with E-state index in [4.69, 9.17) is 15.2 Å². The number of rotatable bonds is 5. The maximum atomic E-state index is 13.1. The predicted octanol–water partition coefficient (Wildman–Crippen LogP) is 3.41. The van der Waals surface area contributed by atoms with Crippen LogP contribution in [0, 0.1) is 0 Å². The minimum Gasteiger partial charge on any atom is -0.496 e. The number of alkyl halides is 2. The predicted molar refractivity (Wildman–Crippen MR) is 73.7 cm³/mol. The molecule has 0 heterocycles. The molecular weight excluding hydrogens is 264 g/mol. The van der Waals surface area contributed by atoms with Gasteiger partial charge >= 0.3 is 0 Å². The van der Waals surface area contributed by atoms with Crippen molar-refractivity contribution in [1.82, 2.24) is 0 Å². The third kappa shape index (κ3) is 2.46. The summed E-state index contributed by atoms with van der Waals surface area (Å²) in [6.45, 7) is 0.487. The summed E-state index contributed by atoms with van der Waals surface area (Å²) < 4.78 is 36.6. The number of hydrogen-bond acceptors (Lipinski definition) is 3. The first kappa shape index (κ1) is 15.0. The lowest BCUT2D eigenvalue weighted by atomic mass is 9.78. The Morgan fingerprint density at radius 2 is 1.75 bits per heavy atom. The van der Waals surface area contributed by atoms with Gasteiger partial charge in [0.05, 0.1) is 19.8 Å². The zero-order valence-corrected chi connectivity index (χ0v) is 11.9. The van der Waals surface area contributed by atoms with E-state index >= 15 is 0 Å². The molecule has 0 spiro atoms. The molecule has 2 rings (SSSR count). The van der Waals surface area contributed by atoms with Gasteiger partial charge in [0.1, 0.15) is 11.5 Å². The molecule has 112 valence electrons. The molecule has 0 atom stereocenters. The Hall–Kier alpha value is -1.36. The average Bonchev–Trinajstić information content (AvgIpc) is 2.95. The van der Waals surface area contributed by atoms with Crippen LogP contribution >= 0.6 is 0 Å². The van der Waals surface area contributed by atoms with Crippen molar-refractivity contribution in [3.63, 3.8) is 0 Å². The number of benzene rings is 1. The first-order valence-corrected chi connectivity index (χ1v) is 6.82. The lowest BCUT2D eigenvalue weighted by molar-refractivity contribution is 0.146. The molecule has 3 nitrogen and oxygen atoms in total. The van der Waals surface area contributed by atoms with Crippen molar-refractivity contribution in [2.24, 2.45) is 5.73 Å². The van der Waals surface area contributed by atoms with Gasteiger partial charge in [0, 0.05) is 17.5 Å². The van der Waals surface area contributed by atoms with Crippen LogP contribution in [0.4, 0.5) is 8.78 Å². The summed E-state index contributed by atoms with van der Waals surface area (Å²) >= 11 is 0. The highest BCUT2D eigenvalue weighted by Crippen LogP contribution is 2.47. The molecule has 0 aliphatic heterocycles. The van der Waals surface area contributed by atoms with Crippen LogP contribution in [0.2, 0.25) is 0 Å². The van der Waals surface area contributed by atoms with Gasteiger partial charge < -0.3 is 15.2 Å². The van der Waals surface area contributed by atoms with Crippen LogP contribution in [0.3, 0.4) is 0 Å². The molecule has 5 heteroatoms. The molecule has 1 aromatic carbocycles. The number of hydrogen-bond donors (Lipinski definition) is 1. The van der Waals surface area contributed by atoms with Gasteiger partial charge in [-0.15, -0.1) is 0 Å². The Morgan fingerprint density at radius 3 is 2.20 bits per heavy atom. The largest absolute Gasteiger partial charge is 0.496 e. The first-order chi connectivity index (χ1) is 9.57. The average molecular weight is 285 g/mol. The van der Waals surface area contributed by atoms with E-state index in [0.717, 1.165) is 31.2 Å². The van der Waals surface area contributed by atoms with Crippen molar-refractivity contribution in [3.05, 3.63) is 23.3 Å². The summed E-state index contributed by atoms with van der Waals surface area (Å²) in [5.74, 6) is 0.684. The van der Waals surface area contributed by atoms with Gasteiger partial charge in [-0.25, -0.2) is 8.78 Å². The fourth-order valence-electron chi connectivity index (χ4n) is 3.14. The summed E-state index contributed by atoms with van der Waals surface area (Å²) in [7, 11) is 2.90. The van der Waals surface area contributed by atoms with E-state index < -0.39 is 6.43 Å². The highest BCUT2D eigenvalue weighted by Gasteiger charge is 2.37. The summed E-state index contributed by atoms with van der Waals surface area (Å²) in [5, 5.41) is 0. The van der Waals surface area contributed by atoms with Crippen molar-refractivity contribution in [2.45, 2.75) is 37.5 Å². The lowest BCUT2D eigenvalue weighted by Crippen LogP contribution is -2.32. The standard InChI is InChI=1S/C15H21F2NO2/c1-19-12-8-11(15(9-18)5-3-4-6-15)13(20-2)7-10(12)14(16)17/h7-8,14H,3-6,9,18H2,1-2H3. The normalized spacial score (nSPS) is 17.5. The van der Waals surface area contributed by atoms with Crippen LogP contribution < -0.4 is 15.2 Å². The van der Waals surface area contributed by atoms with Gasteiger partial charge in [0.2, 0.25) is 0 Å². The molecule has 0 unspecified atom stereocenters. The van der Waals surface area contributed by atoms with Gasteiger partial charge in [-0.2, -0.15) is 0 Å². The van der Waals surface area contributed by atoms with Gasteiger partial charge in [0.25, 0.3) is 6.43 Å². The Labute approximate surface area is 118 Å². The fraction of sp³-hybridized carbons (Fsp3) is 0.600. The summed E-state index contributed by atoms with van der Waals surface area (Å²) in [6, 6.07) is 3.06. The highest BCUT2D eigenvalue weighted by atomic mass is 19.3. The number of methoxy groups -OCH3 is 2. The zero-order chi connectivity index (χ0) is 14.8. The van der Waals surface area contributed by atoms with Crippen LogP contribution in [-0.2, 0) is 5.41 Å². The van der Waals surface area contributed by atoms with E-state index in [1.807, 2.05) is 0 Å². The van der Waals surface area contributed by atoms with Crippen molar-refractivity contribution in [3.8, 4) is 11.5 Å². The molecule has 20 heavy (non-hydrogen) atoms. The van der Waals surface area contributed by atoms with Crippen LogP contribution in [-0.4, -0.2) is 20.8 Å². The Morgan fingerprint density at radius 1 is 1.15 bits per heavy atom. The molecule has 1 aliphatic rings. The van der Waals surface area contributed by atoms with Gasteiger partial charge in [-0.3, -0.25) is 0 Å². The van der Waals surface area contributed by atoms with Crippen molar-refractivity contribution in [2.75, 3.05) is 20.8 Å². The number of halogens is 2. The van der Waals surface area contributed by atoms with Crippen LogP contribution in [0.5, 0.6) is 11.5 Å². The van der Waals surface area contributed by atoms with Crippen LogP contribution in [0.1, 0.15) is 43.2 Å². The molecule has 0 aromatic heterocycles. The monoisotopic (exact) mass is 285 g/mol. The molecule has 2 N–H and O–H groups in total. The smallest absolute Gasteiger partial charge is 0.267 e. The van der Waals surface area contributed by atoms with E-state index in [1.165, 1.54) is 20.3 Å². The lowest BCUT2D eigenvalue weighted by Gasteiger charge is -2.30. The quantitative estimate of drug-likeness (QED) is 0.901. The highest BCUT2D eigenvalue weighted by molar-refractivity contribution is 5.51. The summed E-state index contributed by atoms with van der Waals surface area (Å²) in [4.78, 5) is 0. The Balaban J connectivity index is 2.57. The van der Waals surface area contributed by atoms with Gasteiger partial charge in [0.15, 0.2) is 0 Å². The maximum absolute atomic E-state index is 13.1. The molecule has 1 aliphatic carbocycles. The minimum atomic E-state index is -2.59. The molecule has 0 radical (unpaired) electrons. The van der Waals surface area contributed by atoms with Crippen molar-refractivity contribution >= 4 is 0 Å². The Bertz CT molecular complexity index is 471. The molecule has 0 bridgehead atoms. The Kier molecular flexibility index (Phi) is 4.48. The van der Waals surface area contributed by atoms with Gasteiger partial charge in [-0.05, 0) is 25.0 Å². The third-order valence-corrected chi connectivity index (χ3v) is 4.31. The van der Waals surface area contributed by atoms with E-state index in [-0.39, 0.29) is 16.7 Å². The van der Waals surface area contributed by atoms with E-state index in [0.29, 0.717) is 12.3 Å². The van der Waals surface area contributed by atoms with Crippen LogP contribution in [0.25, 0.3) is 0 Å². The first-order valence-electron chi connectivity index (χ1n) is 6.82. The molecular formula is C15H21F2NO2. The molecule has 1 saturated carbocycles. The number of ether oxygens (including phenoxy) is 2. The SMILES string of the molecule is COc1cc(C2(CN)CCCC2)c(OC)cc1C(F)F. The second-order valence-electron chi connectivity index (χ2n) is 5.29. The van der Waals surface area contributed by atoms with Gasteiger partial charge in [-0.1, -0.05) is 12.8 Å². The topological polar surface area (TPSA) is 44.5 Å². The second-order valence-corrected chi connectivity index (χ2v) is 5.29. The third-order valence-electron chi connectivity index (χ3n) is 4.31. The zero-order valence-electron chi connectivity index (χ0n) is 11.9. The minimum absolute atomic E-state index is 0.140. The van der Waals surface area contributed by atoms with E-state index in [2.05, 4.69) is 0 Å². The summed E-state index contributed by atoms with van der Waals surface area (Å²) in [5.41, 5.74) is 6.54. The molecule has 0 saturated heterocycles. The van der Waals surface area contributed by atoms with Crippen LogP contribution in [0.15, 0.2) is 12.1 Å². The molecule has 1 fully saturated rings. The fourth-order valence-corrected chi connectivity index (χ4v) is 3.14. The number of nitrogens with two attached hydrogens (primary N) is 1.